The first-order valence-corrected chi connectivity index (χ1v) is 8.91. The Labute approximate surface area is 131 Å². The molecule has 21 heavy (non-hydrogen) atoms. The van der Waals surface area contributed by atoms with Gasteiger partial charge in [0.15, 0.2) is 5.16 Å². The predicted octanol–water partition coefficient (Wildman–Crippen LogP) is 2.88. The Morgan fingerprint density at radius 2 is 2.24 bits per heavy atom. The van der Waals surface area contributed by atoms with E-state index in [4.69, 9.17) is 4.74 Å². The molecule has 0 aromatic carbocycles. The van der Waals surface area contributed by atoms with E-state index in [-0.39, 0.29) is 0 Å². The molecule has 1 aromatic rings. The van der Waals surface area contributed by atoms with Crippen LogP contribution in [0.5, 0.6) is 0 Å². The second-order valence-corrected chi connectivity index (χ2v) is 6.24. The van der Waals surface area contributed by atoms with E-state index in [0.29, 0.717) is 0 Å². The van der Waals surface area contributed by atoms with Crippen LogP contribution in [0.4, 0.5) is 11.6 Å². The molecule has 118 valence electrons. The highest BCUT2D eigenvalue weighted by atomic mass is 32.2. The molecule has 1 aliphatic carbocycles. The molecule has 0 saturated heterocycles. The van der Waals surface area contributed by atoms with Crippen molar-refractivity contribution < 1.29 is 4.74 Å². The molecule has 1 fully saturated rings. The maximum absolute atomic E-state index is 5.70. The van der Waals surface area contributed by atoms with E-state index < -0.39 is 0 Å². The van der Waals surface area contributed by atoms with Crippen molar-refractivity contribution in [3.05, 3.63) is 6.07 Å². The van der Waals surface area contributed by atoms with Crippen molar-refractivity contribution in [2.24, 2.45) is 5.92 Å². The maximum Gasteiger partial charge on any atom is 0.191 e. The third-order valence-electron chi connectivity index (χ3n) is 3.44. The Bertz CT molecular complexity index is 440. The fourth-order valence-corrected chi connectivity index (χ4v) is 2.27. The van der Waals surface area contributed by atoms with E-state index in [9.17, 15) is 0 Å². The summed E-state index contributed by atoms with van der Waals surface area (Å²) in [6, 6.07) is 2.01. The third kappa shape index (κ3) is 5.71. The lowest BCUT2D eigenvalue weighted by molar-refractivity contribution is 0.130. The molecule has 1 heterocycles. The number of aromatic nitrogens is 2. The van der Waals surface area contributed by atoms with Crippen LogP contribution in [0.1, 0.15) is 26.2 Å². The SMILES string of the molecule is CCCNc1cc(N(C)CCOCC2CC2)nc(SC)n1. The number of thioether (sulfide) groups is 1. The summed E-state index contributed by atoms with van der Waals surface area (Å²) in [5.41, 5.74) is 0. The van der Waals surface area contributed by atoms with Crippen LogP contribution in [0.25, 0.3) is 0 Å². The summed E-state index contributed by atoms with van der Waals surface area (Å²) < 4.78 is 5.70. The smallest absolute Gasteiger partial charge is 0.191 e. The molecule has 6 heteroatoms. The van der Waals surface area contributed by atoms with Gasteiger partial charge in [-0.3, -0.25) is 0 Å². The van der Waals surface area contributed by atoms with Crippen molar-refractivity contribution in [1.29, 1.82) is 0 Å². The number of nitrogens with zero attached hydrogens (tertiary/aromatic N) is 3. The molecule has 1 N–H and O–H groups in total. The van der Waals surface area contributed by atoms with Crippen LogP contribution < -0.4 is 10.2 Å². The van der Waals surface area contributed by atoms with Gasteiger partial charge in [-0.15, -0.1) is 0 Å². The Hall–Kier alpha value is -1.01. The van der Waals surface area contributed by atoms with Crippen LogP contribution in [0.3, 0.4) is 0 Å². The van der Waals surface area contributed by atoms with Crippen LogP contribution in [-0.2, 0) is 4.74 Å². The van der Waals surface area contributed by atoms with E-state index in [0.717, 1.165) is 55.4 Å². The number of hydrogen-bond donors (Lipinski definition) is 1. The Morgan fingerprint density at radius 1 is 1.43 bits per heavy atom. The highest BCUT2D eigenvalue weighted by Gasteiger charge is 2.21. The summed E-state index contributed by atoms with van der Waals surface area (Å²) in [7, 11) is 2.05. The van der Waals surface area contributed by atoms with Crippen molar-refractivity contribution >= 4 is 23.4 Å². The van der Waals surface area contributed by atoms with Crippen LogP contribution in [0.2, 0.25) is 0 Å². The van der Waals surface area contributed by atoms with E-state index in [2.05, 4.69) is 34.2 Å². The number of likely N-dealkylation sites (N-methyl/N-ethyl adjacent to an activating group) is 1. The predicted molar refractivity (Wildman–Crippen MR) is 89.4 cm³/mol. The number of ether oxygens (including phenoxy) is 1. The molecule has 0 amide bonds. The lowest BCUT2D eigenvalue weighted by Crippen LogP contribution is -2.24. The van der Waals surface area contributed by atoms with Crippen LogP contribution in [0.15, 0.2) is 11.2 Å². The van der Waals surface area contributed by atoms with Crippen molar-refractivity contribution in [1.82, 2.24) is 9.97 Å². The van der Waals surface area contributed by atoms with E-state index in [1.165, 1.54) is 12.8 Å². The van der Waals surface area contributed by atoms with Crippen molar-refractivity contribution in [3.63, 3.8) is 0 Å². The zero-order valence-corrected chi connectivity index (χ0v) is 14.1. The van der Waals surface area contributed by atoms with Gasteiger partial charge in [-0.2, -0.15) is 0 Å². The second kappa shape index (κ2) is 8.44. The first kappa shape index (κ1) is 16.4. The van der Waals surface area contributed by atoms with Crippen molar-refractivity contribution in [2.75, 3.05) is 49.8 Å². The molecule has 2 rings (SSSR count). The molecule has 0 aliphatic heterocycles. The van der Waals surface area contributed by atoms with Gasteiger partial charge in [0.1, 0.15) is 11.6 Å². The summed E-state index contributed by atoms with van der Waals surface area (Å²) in [5, 5.41) is 4.14. The molecule has 1 aromatic heterocycles. The Balaban J connectivity index is 1.88. The lowest BCUT2D eigenvalue weighted by Gasteiger charge is -2.19. The highest BCUT2D eigenvalue weighted by molar-refractivity contribution is 7.98. The summed E-state index contributed by atoms with van der Waals surface area (Å²) >= 11 is 1.57. The number of hydrogen-bond acceptors (Lipinski definition) is 6. The largest absolute Gasteiger partial charge is 0.379 e. The molecule has 0 radical (unpaired) electrons. The summed E-state index contributed by atoms with van der Waals surface area (Å²) in [6.45, 7) is 5.59. The fourth-order valence-electron chi connectivity index (χ4n) is 1.89. The van der Waals surface area contributed by atoms with Crippen LogP contribution >= 0.6 is 11.8 Å². The minimum Gasteiger partial charge on any atom is -0.379 e. The highest BCUT2D eigenvalue weighted by Crippen LogP contribution is 2.28. The molecule has 0 unspecified atom stereocenters. The Morgan fingerprint density at radius 3 is 2.90 bits per heavy atom. The first-order chi connectivity index (χ1) is 10.2. The molecular formula is C15H26N4OS. The average molecular weight is 310 g/mol. The number of nitrogens with one attached hydrogen (secondary N) is 1. The third-order valence-corrected chi connectivity index (χ3v) is 3.99. The molecule has 0 bridgehead atoms. The van der Waals surface area contributed by atoms with Gasteiger partial charge < -0.3 is 15.0 Å². The molecule has 1 saturated carbocycles. The lowest BCUT2D eigenvalue weighted by atomic mass is 10.4. The topological polar surface area (TPSA) is 50.3 Å². The molecular weight excluding hydrogens is 284 g/mol. The summed E-state index contributed by atoms with van der Waals surface area (Å²) in [4.78, 5) is 11.2. The standard InChI is InChI=1S/C15H26N4OS/c1-4-7-16-13-10-14(18-15(17-13)21-3)19(2)8-9-20-11-12-5-6-12/h10,12H,4-9,11H2,1-3H3,(H,16,17,18). The molecule has 5 nitrogen and oxygen atoms in total. The van der Waals surface area contributed by atoms with Gasteiger partial charge in [0.05, 0.1) is 6.61 Å². The molecule has 0 spiro atoms. The average Bonchev–Trinajstić information content (AvgIpc) is 3.33. The quantitative estimate of drug-likeness (QED) is 0.407. The minimum atomic E-state index is 0.753. The van der Waals surface area contributed by atoms with E-state index in [1.807, 2.05) is 12.3 Å². The first-order valence-electron chi connectivity index (χ1n) is 7.68. The van der Waals surface area contributed by atoms with Gasteiger partial charge in [-0.1, -0.05) is 18.7 Å². The summed E-state index contributed by atoms with van der Waals surface area (Å²) in [5.74, 6) is 2.67. The summed E-state index contributed by atoms with van der Waals surface area (Å²) in [6.07, 6.45) is 5.76. The van der Waals surface area contributed by atoms with Gasteiger partial charge in [0.25, 0.3) is 0 Å². The van der Waals surface area contributed by atoms with Gasteiger partial charge in [0, 0.05) is 32.8 Å². The molecule has 1 aliphatic rings. The fraction of sp³-hybridized carbons (Fsp3) is 0.733. The zero-order valence-electron chi connectivity index (χ0n) is 13.3. The van der Waals surface area contributed by atoms with E-state index in [1.54, 1.807) is 11.8 Å². The van der Waals surface area contributed by atoms with Gasteiger partial charge >= 0.3 is 0 Å². The minimum absolute atomic E-state index is 0.753. The van der Waals surface area contributed by atoms with Gasteiger partial charge in [0.2, 0.25) is 0 Å². The maximum atomic E-state index is 5.70. The monoisotopic (exact) mass is 310 g/mol. The van der Waals surface area contributed by atoms with Crippen LogP contribution in [-0.4, -0.2) is 49.6 Å². The Kier molecular flexibility index (Phi) is 6.57. The molecule has 0 atom stereocenters. The number of anilines is 2. The van der Waals surface area contributed by atoms with Gasteiger partial charge in [-0.05, 0) is 31.4 Å². The van der Waals surface area contributed by atoms with Crippen molar-refractivity contribution in [2.45, 2.75) is 31.3 Å². The number of rotatable bonds is 10. The normalized spacial score (nSPS) is 14.2. The van der Waals surface area contributed by atoms with E-state index >= 15 is 0 Å². The van der Waals surface area contributed by atoms with Gasteiger partial charge in [-0.25, -0.2) is 9.97 Å². The van der Waals surface area contributed by atoms with Crippen LogP contribution in [0, 0.1) is 5.92 Å². The van der Waals surface area contributed by atoms with Crippen molar-refractivity contribution in [3.8, 4) is 0 Å². The zero-order chi connectivity index (χ0) is 15.1. The second-order valence-electron chi connectivity index (χ2n) is 5.46.